The summed E-state index contributed by atoms with van der Waals surface area (Å²) in [6, 6.07) is 7.70. The van der Waals surface area contributed by atoms with Crippen molar-refractivity contribution in [3.05, 3.63) is 53.2 Å². The van der Waals surface area contributed by atoms with E-state index < -0.39 is 5.97 Å². The van der Waals surface area contributed by atoms with Crippen molar-refractivity contribution in [2.75, 3.05) is 5.32 Å². The van der Waals surface area contributed by atoms with Gasteiger partial charge in [-0.2, -0.15) is 0 Å². The number of hydrogen-bond donors (Lipinski definition) is 2. The van der Waals surface area contributed by atoms with Gasteiger partial charge in [-0.25, -0.2) is 14.8 Å². The number of carboxylic acid groups (broad SMARTS) is 1. The third-order valence-electron chi connectivity index (χ3n) is 3.14. The fraction of sp³-hybridized carbons (Fsp3) is 0.133. The van der Waals surface area contributed by atoms with Gasteiger partial charge >= 0.3 is 5.97 Å². The molecule has 0 saturated carbocycles. The first-order valence-electron chi connectivity index (χ1n) is 6.63. The predicted molar refractivity (Wildman–Crippen MR) is 85.4 cm³/mol. The van der Waals surface area contributed by atoms with Crippen LogP contribution in [0.3, 0.4) is 0 Å². The topological polar surface area (TPSA) is 80.0 Å². The lowest BCUT2D eigenvalue weighted by molar-refractivity contribution is 0.0692. The molecule has 2 aromatic heterocycles. The lowest BCUT2D eigenvalue weighted by Gasteiger charge is -2.09. The van der Waals surface area contributed by atoms with Gasteiger partial charge in [0, 0.05) is 23.8 Å². The van der Waals surface area contributed by atoms with Gasteiger partial charge in [0.2, 0.25) is 0 Å². The maximum atomic E-state index is 11.2. The lowest BCUT2D eigenvalue weighted by Crippen LogP contribution is -2.02. The van der Waals surface area contributed by atoms with Crippen LogP contribution in [0, 0.1) is 13.8 Å². The number of thiazole rings is 1. The highest BCUT2D eigenvalue weighted by Crippen LogP contribution is 2.28. The highest BCUT2D eigenvalue weighted by atomic mass is 32.1. The minimum atomic E-state index is -1.03. The standard InChI is InChI=1S/C15H14N4O2S/c1-9-16-6-7-19(9)12-5-3-4-11(8-12)18-14-13(15(20)21)17-10(2)22-14/h3-8,18H,1-2H3,(H,20,21). The number of imidazole rings is 1. The monoisotopic (exact) mass is 314 g/mol. The number of rotatable bonds is 4. The Morgan fingerprint density at radius 3 is 2.86 bits per heavy atom. The zero-order valence-electron chi connectivity index (χ0n) is 12.1. The first-order valence-corrected chi connectivity index (χ1v) is 7.44. The predicted octanol–water partition coefficient (Wildman–Crippen LogP) is 3.39. The summed E-state index contributed by atoms with van der Waals surface area (Å²) in [5.74, 6) is -0.148. The maximum absolute atomic E-state index is 11.2. The van der Waals surface area contributed by atoms with Gasteiger partial charge in [-0.15, -0.1) is 11.3 Å². The quantitative estimate of drug-likeness (QED) is 0.771. The van der Waals surface area contributed by atoms with Crippen LogP contribution in [-0.4, -0.2) is 25.6 Å². The Balaban J connectivity index is 1.94. The van der Waals surface area contributed by atoms with Crippen LogP contribution in [0.15, 0.2) is 36.7 Å². The molecule has 2 heterocycles. The molecule has 0 fully saturated rings. The first kappa shape index (κ1) is 14.3. The Kier molecular flexibility index (Phi) is 3.64. The fourth-order valence-corrected chi connectivity index (χ4v) is 3.00. The summed E-state index contributed by atoms with van der Waals surface area (Å²) in [6.45, 7) is 3.71. The van der Waals surface area contributed by atoms with Crippen LogP contribution in [-0.2, 0) is 0 Å². The number of carboxylic acids is 1. The first-order chi connectivity index (χ1) is 10.5. The van der Waals surface area contributed by atoms with Gasteiger partial charge in [-0.1, -0.05) is 6.07 Å². The van der Waals surface area contributed by atoms with Crippen molar-refractivity contribution >= 4 is 28.0 Å². The number of aryl methyl sites for hydroxylation is 2. The van der Waals surface area contributed by atoms with Gasteiger partial charge in [0.15, 0.2) is 5.69 Å². The third kappa shape index (κ3) is 2.71. The number of nitrogens with zero attached hydrogens (tertiary/aromatic N) is 3. The summed E-state index contributed by atoms with van der Waals surface area (Å²) < 4.78 is 1.96. The number of aromatic nitrogens is 3. The highest BCUT2D eigenvalue weighted by molar-refractivity contribution is 7.16. The number of carbonyl (C=O) groups is 1. The van der Waals surface area contributed by atoms with Crippen molar-refractivity contribution in [1.82, 2.24) is 14.5 Å². The Bertz CT molecular complexity index is 838. The minimum Gasteiger partial charge on any atom is -0.476 e. The Labute approximate surface area is 131 Å². The average Bonchev–Trinajstić information content (AvgIpc) is 3.05. The molecule has 112 valence electrons. The van der Waals surface area contributed by atoms with Crippen molar-refractivity contribution in [2.45, 2.75) is 13.8 Å². The summed E-state index contributed by atoms with van der Waals surface area (Å²) >= 11 is 1.32. The zero-order valence-corrected chi connectivity index (χ0v) is 12.9. The van der Waals surface area contributed by atoms with Crippen LogP contribution < -0.4 is 5.32 Å². The van der Waals surface area contributed by atoms with Crippen molar-refractivity contribution in [1.29, 1.82) is 0 Å². The molecule has 0 unspecified atom stereocenters. The molecule has 0 aliphatic carbocycles. The summed E-state index contributed by atoms with van der Waals surface area (Å²) in [4.78, 5) is 19.5. The molecule has 1 aromatic carbocycles. The van der Waals surface area contributed by atoms with E-state index in [2.05, 4.69) is 15.3 Å². The average molecular weight is 314 g/mol. The van der Waals surface area contributed by atoms with Gasteiger partial charge < -0.3 is 15.0 Å². The molecular weight excluding hydrogens is 300 g/mol. The molecule has 0 saturated heterocycles. The largest absolute Gasteiger partial charge is 0.476 e. The molecule has 0 bridgehead atoms. The molecule has 0 aliphatic rings. The van der Waals surface area contributed by atoms with Gasteiger partial charge in [0.25, 0.3) is 0 Å². The SMILES string of the molecule is Cc1nc(C(=O)O)c(Nc2cccc(-n3ccnc3C)c2)s1. The van der Waals surface area contributed by atoms with Gasteiger partial charge in [-0.3, -0.25) is 0 Å². The molecule has 22 heavy (non-hydrogen) atoms. The number of benzene rings is 1. The Morgan fingerprint density at radius 2 is 2.18 bits per heavy atom. The van der Waals surface area contributed by atoms with Gasteiger partial charge in [-0.05, 0) is 32.0 Å². The second-order valence-electron chi connectivity index (χ2n) is 4.74. The summed E-state index contributed by atoms with van der Waals surface area (Å²) in [6.07, 6.45) is 3.62. The second-order valence-corrected chi connectivity index (χ2v) is 5.94. The number of anilines is 2. The Hall–Kier alpha value is -2.67. The van der Waals surface area contributed by atoms with E-state index in [0.717, 1.165) is 17.2 Å². The fourth-order valence-electron chi connectivity index (χ4n) is 2.17. The molecule has 3 aromatic rings. The van der Waals surface area contributed by atoms with Crippen LogP contribution in [0.25, 0.3) is 5.69 Å². The van der Waals surface area contributed by atoms with E-state index >= 15 is 0 Å². The summed E-state index contributed by atoms with van der Waals surface area (Å²) in [7, 11) is 0. The smallest absolute Gasteiger partial charge is 0.357 e. The van der Waals surface area contributed by atoms with Crippen molar-refractivity contribution in [2.24, 2.45) is 0 Å². The normalized spacial score (nSPS) is 10.6. The second kappa shape index (κ2) is 5.61. The molecule has 0 aliphatic heterocycles. The number of aromatic carboxylic acids is 1. The Morgan fingerprint density at radius 1 is 1.36 bits per heavy atom. The van der Waals surface area contributed by atoms with Crippen LogP contribution in [0.5, 0.6) is 0 Å². The minimum absolute atomic E-state index is 0.0479. The number of hydrogen-bond acceptors (Lipinski definition) is 5. The van der Waals surface area contributed by atoms with Gasteiger partial charge in [0.1, 0.15) is 10.8 Å². The van der Waals surface area contributed by atoms with E-state index in [1.165, 1.54) is 11.3 Å². The van der Waals surface area contributed by atoms with Gasteiger partial charge in [0.05, 0.1) is 5.01 Å². The van der Waals surface area contributed by atoms with Crippen LogP contribution >= 0.6 is 11.3 Å². The molecular formula is C15H14N4O2S. The third-order valence-corrected chi connectivity index (χ3v) is 4.03. The van der Waals surface area contributed by atoms with E-state index in [1.54, 1.807) is 13.1 Å². The molecule has 0 amide bonds. The van der Waals surface area contributed by atoms with E-state index in [4.69, 9.17) is 0 Å². The van der Waals surface area contributed by atoms with Crippen molar-refractivity contribution in [3.8, 4) is 5.69 Å². The molecule has 3 rings (SSSR count). The molecule has 0 spiro atoms. The summed E-state index contributed by atoms with van der Waals surface area (Å²) in [5.41, 5.74) is 1.81. The van der Waals surface area contributed by atoms with Crippen molar-refractivity contribution < 1.29 is 9.90 Å². The van der Waals surface area contributed by atoms with E-state index in [0.29, 0.717) is 10.0 Å². The highest BCUT2D eigenvalue weighted by Gasteiger charge is 2.16. The molecule has 7 heteroatoms. The maximum Gasteiger partial charge on any atom is 0.357 e. The summed E-state index contributed by atoms with van der Waals surface area (Å²) in [5, 5.41) is 13.6. The molecule has 6 nitrogen and oxygen atoms in total. The lowest BCUT2D eigenvalue weighted by atomic mass is 10.2. The van der Waals surface area contributed by atoms with Crippen molar-refractivity contribution in [3.63, 3.8) is 0 Å². The number of nitrogens with one attached hydrogen (secondary N) is 1. The zero-order chi connectivity index (χ0) is 15.7. The van der Waals surface area contributed by atoms with E-state index in [-0.39, 0.29) is 5.69 Å². The van der Waals surface area contributed by atoms with Crippen LogP contribution in [0.1, 0.15) is 21.3 Å². The van der Waals surface area contributed by atoms with Crippen LogP contribution in [0.2, 0.25) is 0 Å². The van der Waals surface area contributed by atoms with E-state index in [9.17, 15) is 9.90 Å². The molecule has 0 radical (unpaired) electrons. The van der Waals surface area contributed by atoms with Crippen LogP contribution in [0.4, 0.5) is 10.7 Å². The van der Waals surface area contributed by atoms with E-state index in [1.807, 2.05) is 42.0 Å². The molecule has 0 atom stereocenters. The molecule has 2 N–H and O–H groups in total.